The second-order valence-corrected chi connectivity index (χ2v) is 7.99. The number of thiophene rings is 1. The monoisotopic (exact) mass is 331 g/mol. The molecule has 1 aromatic carbocycles. The average Bonchev–Trinajstić information content (AvgIpc) is 2.82. The molecule has 1 unspecified atom stereocenters. The predicted molar refractivity (Wildman–Crippen MR) is 81.3 cm³/mol. The third-order valence-electron chi connectivity index (χ3n) is 2.66. The minimum Gasteiger partial charge on any atom is -0.484 e. The van der Waals surface area contributed by atoms with E-state index in [1.807, 2.05) is 6.07 Å². The van der Waals surface area contributed by atoms with E-state index in [0.29, 0.717) is 16.6 Å². The van der Waals surface area contributed by atoms with Crippen molar-refractivity contribution in [2.75, 3.05) is 12.8 Å². The molecule has 0 aliphatic carbocycles. The van der Waals surface area contributed by atoms with Gasteiger partial charge in [-0.3, -0.25) is 0 Å². The minimum absolute atomic E-state index is 0.258. The highest BCUT2D eigenvalue weighted by atomic mass is 35.5. The summed E-state index contributed by atoms with van der Waals surface area (Å²) in [6, 6.07) is 9.93. The van der Waals surface area contributed by atoms with Crippen LogP contribution in [0.5, 0.6) is 5.75 Å². The molecular weight excluding hydrogens is 318 g/mol. The maximum absolute atomic E-state index is 11.4. The lowest BCUT2D eigenvalue weighted by Gasteiger charge is -2.16. The summed E-state index contributed by atoms with van der Waals surface area (Å²) in [6.07, 6.45) is 0.871. The van der Waals surface area contributed by atoms with Gasteiger partial charge in [0.25, 0.3) is 0 Å². The second-order valence-electron chi connectivity index (χ2n) is 4.23. The molecular formula is C13H14ClNO3S2. The molecule has 1 atom stereocenters. The minimum atomic E-state index is -3.20. The van der Waals surface area contributed by atoms with Crippen LogP contribution < -0.4 is 10.5 Å². The van der Waals surface area contributed by atoms with Crippen molar-refractivity contribution in [3.8, 4) is 5.75 Å². The highest BCUT2D eigenvalue weighted by Gasteiger charge is 2.14. The van der Waals surface area contributed by atoms with E-state index in [1.54, 1.807) is 18.2 Å². The van der Waals surface area contributed by atoms with E-state index in [0.717, 1.165) is 4.88 Å². The van der Waals surface area contributed by atoms with Crippen molar-refractivity contribution in [3.05, 3.63) is 45.6 Å². The van der Waals surface area contributed by atoms with Crippen LogP contribution in [0.25, 0.3) is 0 Å². The van der Waals surface area contributed by atoms with Crippen LogP contribution >= 0.6 is 22.9 Å². The molecule has 20 heavy (non-hydrogen) atoms. The Morgan fingerprint density at radius 2 is 1.90 bits per heavy atom. The number of benzene rings is 1. The smallest absolute Gasteiger partial charge is 0.175 e. The summed E-state index contributed by atoms with van der Waals surface area (Å²) in [5.41, 5.74) is 5.70. The van der Waals surface area contributed by atoms with E-state index in [2.05, 4.69) is 0 Å². The van der Waals surface area contributed by atoms with Gasteiger partial charge in [0.2, 0.25) is 0 Å². The fraction of sp³-hybridized carbons (Fsp3) is 0.231. The molecule has 0 fully saturated rings. The lowest BCUT2D eigenvalue weighted by molar-refractivity contribution is 0.218. The Morgan fingerprint density at radius 3 is 2.35 bits per heavy atom. The number of hydrogen-bond donors (Lipinski definition) is 1. The van der Waals surface area contributed by atoms with E-state index in [1.165, 1.54) is 29.7 Å². The first-order valence-corrected chi connectivity index (χ1v) is 8.91. The number of sulfone groups is 1. The maximum atomic E-state index is 11.4. The van der Waals surface area contributed by atoms with E-state index < -0.39 is 9.84 Å². The lowest BCUT2D eigenvalue weighted by Crippen LogP contribution is -2.17. The standard InChI is InChI=1S/C13H14ClNO3S2/c1-20(16,17)10-4-2-9(3-5-10)18-11(8-15)12-6-7-13(14)19-12/h2-7,11H,8,15H2,1H3. The normalized spacial score (nSPS) is 13.2. The van der Waals surface area contributed by atoms with Crippen LogP contribution in [0.4, 0.5) is 0 Å². The predicted octanol–water partition coefficient (Wildman–Crippen LogP) is 2.88. The first kappa shape index (κ1) is 15.3. The molecule has 2 N–H and O–H groups in total. The van der Waals surface area contributed by atoms with Crippen molar-refractivity contribution in [1.29, 1.82) is 0 Å². The zero-order valence-electron chi connectivity index (χ0n) is 10.7. The van der Waals surface area contributed by atoms with Gasteiger partial charge in [0.1, 0.15) is 11.9 Å². The van der Waals surface area contributed by atoms with E-state index in [4.69, 9.17) is 22.1 Å². The molecule has 2 rings (SSSR count). The molecule has 108 valence electrons. The van der Waals surface area contributed by atoms with Crippen LogP contribution in [0.3, 0.4) is 0 Å². The van der Waals surface area contributed by atoms with Crippen molar-refractivity contribution >= 4 is 32.8 Å². The molecule has 0 spiro atoms. The van der Waals surface area contributed by atoms with Crippen LogP contribution in [-0.4, -0.2) is 21.2 Å². The second kappa shape index (κ2) is 6.13. The van der Waals surface area contributed by atoms with Crippen molar-refractivity contribution < 1.29 is 13.2 Å². The van der Waals surface area contributed by atoms with Gasteiger partial charge in [-0.2, -0.15) is 0 Å². The number of hydrogen-bond acceptors (Lipinski definition) is 5. The highest BCUT2D eigenvalue weighted by molar-refractivity contribution is 7.90. The highest BCUT2D eigenvalue weighted by Crippen LogP contribution is 2.30. The van der Waals surface area contributed by atoms with Gasteiger partial charge in [0.15, 0.2) is 9.84 Å². The van der Waals surface area contributed by atoms with Gasteiger partial charge in [-0.15, -0.1) is 11.3 Å². The van der Waals surface area contributed by atoms with Crippen molar-refractivity contribution in [3.63, 3.8) is 0 Å². The Labute approximate surface area is 127 Å². The van der Waals surface area contributed by atoms with Gasteiger partial charge in [0, 0.05) is 17.7 Å². The Bertz CT molecular complexity index is 680. The van der Waals surface area contributed by atoms with Gasteiger partial charge in [-0.05, 0) is 36.4 Å². The zero-order valence-corrected chi connectivity index (χ0v) is 13.1. The number of rotatable bonds is 5. The largest absolute Gasteiger partial charge is 0.484 e. The van der Waals surface area contributed by atoms with Crippen LogP contribution in [0.1, 0.15) is 11.0 Å². The molecule has 0 saturated carbocycles. The molecule has 1 aromatic heterocycles. The van der Waals surface area contributed by atoms with Gasteiger partial charge in [-0.1, -0.05) is 11.6 Å². The first-order valence-electron chi connectivity index (χ1n) is 5.82. The summed E-state index contributed by atoms with van der Waals surface area (Å²) >= 11 is 7.30. The fourth-order valence-corrected chi connectivity index (χ4v) is 3.39. The third kappa shape index (κ3) is 3.73. The Morgan fingerprint density at radius 1 is 1.25 bits per heavy atom. The summed E-state index contributed by atoms with van der Waals surface area (Å²) in [5.74, 6) is 0.567. The average molecular weight is 332 g/mol. The number of halogens is 1. The number of ether oxygens (including phenoxy) is 1. The molecule has 7 heteroatoms. The molecule has 0 aliphatic heterocycles. The Kier molecular flexibility index (Phi) is 4.70. The summed E-state index contributed by atoms with van der Waals surface area (Å²) in [7, 11) is -3.20. The van der Waals surface area contributed by atoms with E-state index >= 15 is 0 Å². The van der Waals surface area contributed by atoms with Crippen molar-refractivity contribution in [2.24, 2.45) is 5.73 Å². The quantitative estimate of drug-likeness (QED) is 0.914. The van der Waals surface area contributed by atoms with Crippen LogP contribution in [0.2, 0.25) is 4.34 Å². The molecule has 4 nitrogen and oxygen atoms in total. The Hall–Kier alpha value is -1.08. The lowest BCUT2D eigenvalue weighted by atomic mass is 10.3. The summed E-state index contributed by atoms with van der Waals surface area (Å²) in [5, 5.41) is 0. The maximum Gasteiger partial charge on any atom is 0.175 e. The van der Waals surface area contributed by atoms with Crippen LogP contribution in [0, 0.1) is 0 Å². The van der Waals surface area contributed by atoms with Gasteiger partial charge in [-0.25, -0.2) is 8.42 Å². The molecule has 0 amide bonds. The van der Waals surface area contributed by atoms with E-state index in [9.17, 15) is 8.42 Å². The van der Waals surface area contributed by atoms with Crippen molar-refractivity contribution in [2.45, 2.75) is 11.0 Å². The molecule has 0 saturated heterocycles. The van der Waals surface area contributed by atoms with Gasteiger partial charge < -0.3 is 10.5 Å². The Balaban J connectivity index is 2.16. The van der Waals surface area contributed by atoms with Gasteiger partial charge in [0.05, 0.1) is 9.23 Å². The molecule has 0 bridgehead atoms. The summed E-state index contributed by atoms with van der Waals surface area (Å²) in [4.78, 5) is 1.19. The fourth-order valence-electron chi connectivity index (χ4n) is 1.65. The van der Waals surface area contributed by atoms with Crippen LogP contribution in [0.15, 0.2) is 41.3 Å². The van der Waals surface area contributed by atoms with Crippen LogP contribution in [-0.2, 0) is 9.84 Å². The molecule has 2 aromatic rings. The number of nitrogens with two attached hydrogens (primary N) is 1. The SMILES string of the molecule is CS(=O)(=O)c1ccc(OC(CN)c2ccc(Cl)s2)cc1. The third-order valence-corrected chi connectivity index (χ3v) is 5.11. The molecule has 0 radical (unpaired) electrons. The zero-order chi connectivity index (χ0) is 14.8. The van der Waals surface area contributed by atoms with Gasteiger partial charge >= 0.3 is 0 Å². The topological polar surface area (TPSA) is 69.4 Å². The molecule has 0 aliphatic rings. The molecule has 1 heterocycles. The van der Waals surface area contributed by atoms with E-state index in [-0.39, 0.29) is 11.0 Å². The summed E-state index contributed by atoms with van der Waals surface area (Å²) < 4.78 is 29.2. The van der Waals surface area contributed by atoms with Crippen molar-refractivity contribution in [1.82, 2.24) is 0 Å². The summed E-state index contributed by atoms with van der Waals surface area (Å²) in [6.45, 7) is 0.310. The first-order chi connectivity index (χ1) is 9.40.